The zero-order chi connectivity index (χ0) is 17.2. The van der Waals surface area contributed by atoms with Crippen molar-refractivity contribution in [2.75, 3.05) is 30.1 Å². The molecule has 1 aromatic heterocycles. The molecule has 2 aromatic rings. The van der Waals surface area contributed by atoms with Crippen LogP contribution in [0.4, 0.5) is 17.5 Å². The maximum Gasteiger partial charge on any atom is 0.306 e. The predicted octanol–water partition coefficient (Wildman–Crippen LogP) is 2.25. The van der Waals surface area contributed by atoms with Gasteiger partial charge >= 0.3 is 5.97 Å². The summed E-state index contributed by atoms with van der Waals surface area (Å²) in [5.41, 5.74) is 0.811. The molecule has 2 aliphatic heterocycles. The van der Waals surface area contributed by atoms with Gasteiger partial charge in [-0.05, 0) is 31.0 Å². The highest BCUT2D eigenvalue weighted by Crippen LogP contribution is 2.34. The molecule has 130 valence electrons. The molecule has 2 N–H and O–H groups in total. The van der Waals surface area contributed by atoms with Crippen molar-refractivity contribution in [3.63, 3.8) is 0 Å². The van der Waals surface area contributed by atoms with Gasteiger partial charge in [0.15, 0.2) is 11.5 Å². The molecule has 0 radical (unpaired) electrons. The van der Waals surface area contributed by atoms with Gasteiger partial charge in [-0.3, -0.25) is 4.79 Å². The van der Waals surface area contributed by atoms with Crippen LogP contribution >= 0.6 is 0 Å². The first-order chi connectivity index (χ1) is 12.2. The third-order valence-electron chi connectivity index (χ3n) is 4.44. The molecule has 8 heteroatoms. The van der Waals surface area contributed by atoms with Gasteiger partial charge in [0.2, 0.25) is 12.7 Å². The van der Waals surface area contributed by atoms with Crippen LogP contribution in [0.1, 0.15) is 12.8 Å². The van der Waals surface area contributed by atoms with E-state index < -0.39 is 5.97 Å². The van der Waals surface area contributed by atoms with Gasteiger partial charge in [0, 0.05) is 31.0 Å². The largest absolute Gasteiger partial charge is 0.481 e. The number of nitrogens with zero attached hydrogens (tertiary/aromatic N) is 3. The zero-order valence-electron chi connectivity index (χ0n) is 13.5. The summed E-state index contributed by atoms with van der Waals surface area (Å²) in [7, 11) is 0. The highest BCUT2D eigenvalue weighted by Gasteiger charge is 2.25. The van der Waals surface area contributed by atoms with Gasteiger partial charge < -0.3 is 24.8 Å². The standard InChI is InChI=1S/C17H18N4O4/c22-16(23)11-4-7-21(8-5-11)15-3-6-18-17(20-15)19-12-1-2-13-14(9-12)25-10-24-13/h1-3,6,9,11H,4-5,7-8,10H2,(H,22,23)(H,18,19,20). The number of hydrogen-bond acceptors (Lipinski definition) is 7. The maximum absolute atomic E-state index is 11.1. The van der Waals surface area contributed by atoms with Crippen LogP contribution < -0.4 is 19.7 Å². The van der Waals surface area contributed by atoms with Crippen LogP contribution in [0.5, 0.6) is 11.5 Å². The average molecular weight is 342 g/mol. The van der Waals surface area contributed by atoms with Crippen LogP contribution in [0.2, 0.25) is 0 Å². The first kappa shape index (κ1) is 15.5. The molecule has 3 heterocycles. The highest BCUT2D eigenvalue weighted by atomic mass is 16.7. The lowest BCUT2D eigenvalue weighted by molar-refractivity contribution is -0.142. The number of carboxylic acids is 1. The van der Waals surface area contributed by atoms with Crippen LogP contribution in [0.25, 0.3) is 0 Å². The SMILES string of the molecule is O=C(O)C1CCN(c2ccnc(Nc3ccc4c(c3)OCO4)n2)CC1. The third kappa shape index (κ3) is 3.28. The van der Waals surface area contributed by atoms with Crippen molar-refractivity contribution in [3.05, 3.63) is 30.5 Å². The first-order valence-electron chi connectivity index (χ1n) is 8.16. The number of nitrogens with one attached hydrogen (secondary N) is 1. The van der Waals surface area contributed by atoms with E-state index in [0.717, 1.165) is 17.3 Å². The fourth-order valence-corrected chi connectivity index (χ4v) is 3.04. The van der Waals surface area contributed by atoms with E-state index in [0.29, 0.717) is 37.6 Å². The number of ether oxygens (including phenoxy) is 2. The number of piperidine rings is 1. The Hall–Kier alpha value is -3.03. The molecule has 0 bridgehead atoms. The number of aliphatic carboxylic acids is 1. The monoisotopic (exact) mass is 342 g/mol. The molecular weight excluding hydrogens is 324 g/mol. The molecule has 0 spiro atoms. The lowest BCUT2D eigenvalue weighted by Gasteiger charge is -2.31. The summed E-state index contributed by atoms with van der Waals surface area (Å²) in [5, 5.41) is 12.3. The quantitative estimate of drug-likeness (QED) is 0.873. The lowest BCUT2D eigenvalue weighted by atomic mass is 9.97. The number of benzene rings is 1. The van der Waals surface area contributed by atoms with Crippen molar-refractivity contribution >= 4 is 23.4 Å². The minimum absolute atomic E-state index is 0.233. The Morgan fingerprint density at radius 2 is 2.00 bits per heavy atom. The Bertz CT molecular complexity index is 790. The highest BCUT2D eigenvalue weighted by molar-refractivity contribution is 5.70. The second kappa shape index (κ2) is 6.46. The second-order valence-corrected chi connectivity index (χ2v) is 6.03. The third-order valence-corrected chi connectivity index (χ3v) is 4.44. The number of carbonyl (C=O) groups is 1. The number of aromatic nitrogens is 2. The van der Waals surface area contributed by atoms with Crippen LogP contribution in [0.15, 0.2) is 30.5 Å². The van der Waals surface area contributed by atoms with Gasteiger partial charge in [-0.25, -0.2) is 4.98 Å². The van der Waals surface area contributed by atoms with Crippen molar-refractivity contribution in [2.24, 2.45) is 5.92 Å². The number of carboxylic acid groups (broad SMARTS) is 1. The summed E-state index contributed by atoms with van der Waals surface area (Å²) in [6.45, 7) is 1.59. The zero-order valence-corrected chi connectivity index (χ0v) is 13.5. The van der Waals surface area contributed by atoms with Crippen LogP contribution in [0, 0.1) is 5.92 Å². The summed E-state index contributed by atoms with van der Waals surface area (Å²) < 4.78 is 10.7. The van der Waals surface area contributed by atoms with Crippen molar-refractivity contribution in [1.29, 1.82) is 0 Å². The Balaban J connectivity index is 1.46. The molecule has 0 amide bonds. The molecule has 0 unspecified atom stereocenters. The lowest BCUT2D eigenvalue weighted by Crippen LogP contribution is -2.36. The van der Waals surface area contributed by atoms with E-state index in [1.807, 2.05) is 24.3 Å². The summed E-state index contributed by atoms with van der Waals surface area (Å²) in [6, 6.07) is 7.40. The smallest absolute Gasteiger partial charge is 0.306 e. The van der Waals surface area contributed by atoms with E-state index in [1.165, 1.54) is 0 Å². The minimum Gasteiger partial charge on any atom is -0.481 e. The van der Waals surface area contributed by atoms with Crippen LogP contribution in [-0.2, 0) is 4.79 Å². The second-order valence-electron chi connectivity index (χ2n) is 6.03. The summed E-state index contributed by atoms with van der Waals surface area (Å²) in [6.07, 6.45) is 2.95. The number of rotatable bonds is 4. The topological polar surface area (TPSA) is 96.8 Å². The molecule has 0 saturated carbocycles. The maximum atomic E-state index is 11.1. The normalized spacial score (nSPS) is 16.7. The molecule has 1 saturated heterocycles. The summed E-state index contributed by atoms with van der Waals surface area (Å²) in [5.74, 6) is 1.72. The van der Waals surface area contributed by atoms with Crippen LogP contribution in [-0.4, -0.2) is 40.9 Å². The van der Waals surface area contributed by atoms with Gasteiger partial charge in [-0.2, -0.15) is 4.98 Å². The number of fused-ring (bicyclic) bond motifs is 1. The summed E-state index contributed by atoms with van der Waals surface area (Å²) >= 11 is 0. The summed E-state index contributed by atoms with van der Waals surface area (Å²) in [4.78, 5) is 21.9. The van der Waals surface area contributed by atoms with E-state index in [2.05, 4.69) is 20.2 Å². The van der Waals surface area contributed by atoms with E-state index in [-0.39, 0.29) is 12.7 Å². The molecule has 2 aliphatic rings. The molecule has 1 fully saturated rings. The molecule has 25 heavy (non-hydrogen) atoms. The van der Waals surface area contributed by atoms with Crippen molar-refractivity contribution in [2.45, 2.75) is 12.8 Å². The van der Waals surface area contributed by atoms with E-state index in [9.17, 15) is 4.79 Å². The van der Waals surface area contributed by atoms with Gasteiger partial charge in [-0.15, -0.1) is 0 Å². The Labute approximate surface area is 144 Å². The number of anilines is 3. The molecule has 0 aliphatic carbocycles. The van der Waals surface area contributed by atoms with Crippen molar-refractivity contribution < 1.29 is 19.4 Å². The molecule has 8 nitrogen and oxygen atoms in total. The van der Waals surface area contributed by atoms with Gasteiger partial charge in [0.25, 0.3) is 0 Å². The van der Waals surface area contributed by atoms with Gasteiger partial charge in [0.05, 0.1) is 5.92 Å². The first-order valence-corrected chi connectivity index (χ1v) is 8.16. The fraction of sp³-hybridized carbons (Fsp3) is 0.353. The molecule has 4 rings (SSSR count). The minimum atomic E-state index is -0.715. The van der Waals surface area contributed by atoms with Gasteiger partial charge in [0.1, 0.15) is 5.82 Å². The fourth-order valence-electron chi connectivity index (χ4n) is 3.04. The van der Waals surface area contributed by atoms with E-state index in [1.54, 1.807) is 6.20 Å². The van der Waals surface area contributed by atoms with E-state index >= 15 is 0 Å². The average Bonchev–Trinajstić information content (AvgIpc) is 3.10. The van der Waals surface area contributed by atoms with Crippen molar-refractivity contribution in [1.82, 2.24) is 9.97 Å². The Morgan fingerprint density at radius 3 is 2.80 bits per heavy atom. The Morgan fingerprint density at radius 1 is 1.20 bits per heavy atom. The van der Waals surface area contributed by atoms with Gasteiger partial charge in [-0.1, -0.05) is 0 Å². The van der Waals surface area contributed by atoms with Crippen LogP contribution in [0.3, 0.4) is 0 Å². The Kier molecular flexibility index (Phi) is 4.01. The number of hydrogen-bond donors (Lipinski definition) is 2. The molecule has 1 aromatic carbocycles. The predicted molar refractivity (Wildman–Crippen MR) is 90.5 cm³/mol. The van der Waals surface area contributed by atoms with E-state index in [4.69, 9.17) is 14.6 Å². The van der Waals surface area contributed by atoms with Crippen molar-refractivity contribution in [3.8, 4) is 11.5 Å². The molecular formula is C17H18N4O4. The molecule has 0 atom stereocenters.